The number of fused-ring (bicyclic) bond motifs is 1. The summed E-state index contributed by atoms with van der Waals surface area (Å²) in [6.45, 7) is 1.21. The molecule has 2 unspecified atom stereocenters. The van der Waals surface area contributed by atoms with Crippen LogP contribution in [0.5, 0.6) is 0 Å². The molecule has 4 rings (SSSR count). The third-order valence-electron chi connectivity index (χ3n) is 4.96. The average Bonchev–Trinajstić information content (AvgIpc) is 3.22. The molecular formula is C18H19N3O7. The largest absolute Gasteiger partial charge is 0.394 e. The first-order valence-electron chi connectivity index (χ1n) is 8.70. The molecule has 1 saturated heterocycles. The van der Waals surface area contributed by atoms with Gasteiger partial charge >= 0.3 is 5.69 Å². The van der Waals surface area contributed by atoms with E-state index in [0.29, 0.717) is 16.7 Å². The van der Waals surface area contributed by atoms with Crippen LogP contribution in [0.15, 0.2) is 44.6 Å². The predicted molar refractivity (Wildman–Crippen MR) is 95.8 cm³/mol. The minimum Gasteiger partial charge on any atom is -0.394 e. The van der Waals surface area contributed by atoms with Crippen molar-refractivity contribution in [3.8, 4) is 0 Å². The Morgan fingerprint density at radius 3 is 2.68 bits per heavy atom. The van der Waals surface area contributed by atoms with Gasteiger partial charge < -0.3 is 24.6 Å². The lowest BCUT2D eigenvalue weighted by Crippen LogP contribution is -2.43. The topological polar surface area (TPSA) is 140 Å². The lowest BCUT2D eigenvalue weighted by Gasteiger charge is -2.18. The zero-order chi connectivity index (χ0) is 20.0. The summed E-state index contributed by atoms with van der Waals surface area (Å²) >= 11 is 0. The van der Waals surface area contributed by atoms with Crippen LogP contribution in [0.1, 0.15) is 17.5 Å². The van der Waals surface area contributed by atoms with Gasteiger partial charge in [-0.25, -0.2) is 4.79 Å². The molecule has 0 aliphatic carbocycles. The lowest BCUT2D eigenvalue weighted by molar-refractivity contribution is -0.0555. The van der Waals surface area contributed by atoms with Crippen LogP contribution in [0.25, 0.3) is 11.0 Å². The smallest absolute Gasteiger partial charge is 0.333 e. The summed E-state index contributed by atoms with van der Waals surface area (Å²) in [5, 5.41) is 34.0. The van der Waals surface area contributed by atoms with Gasteiger partial charge in [-0.3, -0.25) is 13.9 Å². The van der Waals surface area contributed by atoms with Crippen LogP contribution in [0.4, 0.5) is 0 Å². The molecular weight excluding hydrogens is 370 g/mol. The SMILES string of the molecule is Cc1cccc2c(Cn3c(=O)ccn([C@@H]4O[C@H](CO)C(O)C4O)c3=O)noc12. The van der Waals surface area contributed by atoms with Crippen molar-refractivity contribution in [1.82, 2.24) is 14.3 Å². The van der Waals surface area contributed by atoms with Crippen LogP contribution in [0.2, 0.25) is 0 Å². The van der Waals surface area contributed by atoms with E-state index in [9.17, 15) is 24.9 Å². The monoisotopic (exact) mass is 389 g/mol. The van der Waals surface area contributed by atoms with Crippen LogP contribution in [-0.2, 0) is 11.3 Å². The number of aliphatic hydroxyl groups is 3. The average molecular weight is 389 g/mol. The zero-order valence-corrected chi connectivity index (χ0v) is 14.9. The highest BCUT2D eigenvalue weighted by molar-refractivity contribution is 5.82. The summed E-state index contributed by atoms with van der Waals surface area (Å²) in [5.74, 6) is 0. The van der Waals surface area contributed by atoms with E-state index >= 15 is 0 Å². The molecule has 3 heterocycles. The van der Waals surface area contributed by atoms with Gasteiger partial charge in [0.05, 0.1) is 13.2 Å². The highest BCUT2D eigenvalue weighted by Gasteiger charge is 2.43. The maximum Gasteiger partial charge on any atom is 0.333 e. The van der Waals surface area contributed by atoms with Gasteiger partial charge in [-0.2, -0.15) is 0 Å². The molecule has 1 fully saturated rings. The molecule has 0 saturated carbocycles. The molecule has 1 aromatic carbocycles. The molecule has 148 valence electrons. The first-order chi connectivity index (χ1) is 13.4. The number of hydrogen-bond acceptors (Lipinski definition) is 8. The van der Waals surface area contributed by atoms with E-state index in [4.69, 9.17) is 9.26 Å². The lowest BCUT2D eigenvalue weighted by atomic mass is 10.1. The standard InChI is InChI=1S/C18H19N3O7/c1-9-3-2-4-10-11(19-28-16(9)10)7-21-13(23)5-6-20(18(21)26)17-15(25)14(24)12(8-22)27-17/h2-6,12,14-15,17,22,24-25H,7-8H2,1H3/t12-,14?,15?,17-/m1/s1. The molecule has 10 nitrogen and oxygen atoms in total. The number of ether oxygens (including phenoxy) is 1. The Balaban J connectivity index is 1.75. The van der Waals surface area contributed by atoms with Crippen molar-refractivity contribution in [3.05, 3.63) is 62.6 Å². The molecule has 2 aromatic heterocycles. The molecule has 0 radical (unpaired) electrons. The van der Waals surface area contributed by atoms with Crippen LogP contribution >= 0.6 is 0 Å². The van der Waals surface area contributed by atoms with Gasteiger partial charge in [-0.15, -0.1) is 0 Å². The number of hydrogen-bond donors (Lipinski definition) is 3. The Kier molecular flexibility index (Phi) is 4.63. The Morgan fingerprint density at radius 1 is 1.18 bits per heavy atom. The number of aliphatic hydroxyl groups excluding tert-OH is 3. The second-order valence-electron chi connectivity index (χ2n) is 6.74. The highest BCUT2D eigenvalue weighted by Crippen LogP contribution is 2.28. The Morgan fingerprint density at radius 2 is 1.96 bits per heavy atom. The number of rotatable bonds is 4. The van der Waals surface area contributed by atoms with Crippen LogP contribution in [0.3, 0.4) is 0 Å². The third kappa shape index (κ3) is 2.87. The molecule has 4 atom stereocenters. The normalized spacial score (nSPS) is 24.9. The Bertz CT molecular complexity index is 1130. The van der Waals surface area contributed by atoms with Crippen molar-refractivity contribution in [3.63, 3.8) is 0 Å². The third-order valence-corrected chi connectivity index (χ3v) is 4.96. The molecule has 0 bridgehead atoms. The quantitative estimate of drug-likeness (QED) is 0.523. The Labute approximate surface area is 157 Å². The summed E-state index contributed by atoms with van der Waals surface area (Å²) in [7, 11) is 0. The van der Waals surface area contributed by atoms with E-state index in [1.807, 2.05) is 19.1 Å². The molecule has 1 aliphatic heterocycles. The van der Waals surface area contributed by atoms with Crippen LogP contribution in [0, 0.1) is 6.92 Å². The van der Waals surface area contributed by atoms with E-state index in [1.54, 1.807) is 6.07 Å². The summed E-state index contributed by atoms with van der Waals surface area (Å²) < 4.78 is 12.7. The fraction of sp³-hybridized carbons (Fsp3) is 0.389. The number of nitrogens with zero attached hydrogens (tertiary/aromatic N) is 3. The first-order valence-corrected chi connectivity index (χ1v) is 8.70. The van der Waals surface area contributed by atoms with Gasteiger partial charge in [-0.1, -0.05) is 17.3 Å². The first kappa shape index (κ1) is 18.6. The molecule has 28 heavy (non-hydrogen) atoms. The molecule has 10 heteroatoms. The molecule has 3 aromatic rings. The fourth-order valence-electron chi connectivity index (χ4n) is 3.40. The number of aromatic nitrogens is 3. The van der Waals surface area contributed by atoms with Gasteiger partial charge in [0.1, 0.15) is 24.0 Å². The molecule has 0 spiro atoms. The van der Waals surface area contributed by atoms with Gasteiger partial charge in [0.25, 0.3) is 5.56 Å². The summed E-state index contributed by atoms with van der Waals surface area (Å²) in [5.41, 5.74) is 0.561. The van der Waals surface area contributed by atoms with E-state index in [1.165, 1.54) is 6.20 Å². The van der Waals surface area contributed by atoms with E-state index in [-0.39, 0.29) is 6.54 Å². The number of para-hydroxylation sites is 1. The van der Waals surface area contributed by atoms with Crippen molar-refractivity contribution in [2.45, 2.75) is 38.0 Å². The summed E-state index contributed by atoms with van der Waals surface area (Å²) in [6, 6.07) is 6.63. The van der Waals surface area contributed by atoms with Crippen LogP contribution < -0.4 is 11.2 Å². The van der Waals surface area contributed by atoms with Crippen molar-refractivity contribution >= 4 is 11.0 Å². The maximum atomic E-state index is 12.9. The molecule has 0 amide bonds. The number of benzene rings is 1. The number of aryl methyl sites for hydroxylation is 1. The van der Waals surface area contributed by atoms with Crippen molar-refractivity contribution < 1.29 is 24.6 Å². The maximum absolute atomic E-state index is 12.9. The minimum atomic E-state index is -1.43. The minimum absolute atomic E-state index is 0.135. The van der Waals surface area contributed by atoms with Crippen molar-refractivity contribution in [1.29, 1.82) is 0 Å². The molecule has 1 aliphatic rings. The van der Waals surface area contributed by atoms with Crippen molar-refractivity contribution in [2.24, 2.45) is 0 Å². The fourth-order valence-corrected chi connectivity index (χ4v) is 3.40. The van der Waals surface area contributed by atoms with E-state index < -0.39 is 42.4 Å². The van der Waals surface area contributed by atoms with Gasteiger partial charge in [-0.05, 0) is 18.6 Å². The Hall–Kier alpha value is -2.79. The van der Waals surface area contributed by atoms with Gasteiger partial charge in [0.2, 0.25) is 0 Å². The summed E-state index contributed by atoms with van der Waals surface area (Å²) in [4.78, 5) is 25.2. The highest BCUT2D eigenvalue weighted by atomic mass is 16.6. The second kappa shape index (κ2) is 6.99. The zero-order valence-electron chi connectivity index (χ0n) is 14.9. The van der Waals surface area contributed by atoms with E-state index in [0.717, 1.165) is 20.8 Å². The predicted octanol–water partition coefficient (Wildman–Crippen LogP) is -0.881. The molecule has 3 N–H and O–H groups in total. The van der Waals surface area contributed by atoms with Crippen LogP contribution in [-0.4, -0.2) is 54.5 Å². The summed E-state index contributed by atoms with van der Waals surface area (Å²) in [6.07, 6.45) is -3.87. The van der Waals surface area contributed by atoms with E-state index in [2.05, 4.69) is 5.16 Å². The van der Waals surface area contributed by atoms with Gasteiger partial charge in [0, 0.05) is 17.6 Å². The second-order valence-corrected chi connectivity index (χ2v) is 6.74. The van der Waals surface area contributed by atoms with Gasteiger partial charge in [0.15, 0.2) is 11.8 Å². The van der Waals surface area contributed by atoms with Crippen molar-refractivity contribution in [2.75, 3.05) is 6.61 Å².